The second kappa shape index (κ2) is 6.47. The van der Waals surface area contributed by atoms with Gasteiger partial charge in [0.1, 0.15) is 18.1 Å². The summed E-state index contributed by atoms with van der Waals surface area (Å²) in [6, 6.07) is 5.21. The number of carbonyl (C=O) groups is 1. The third-order valence-electron chi connectivity index (χ3n) is 3.77. The topological polar surface area (TPSA) is 68.7 Å². The van der Waals surface area contributed by atoms with Gasteiger partial charge in [0.2, 0.25) is 0 Å². The summed E-state index contributed by atoms with van der Waals surface area (Å²) in [5, 5.41) is 0. The molecule has 1 aromatic carbocycles. The van der Waals surface area contributed by atoms with Crippen molar-refractivity contribution in [2.75, 3.05) is 19.7 Å². The summed E-state index contributed by atoms with van der Waals surface area (Å²) in [5.74, 6) is -1.52. The molecule has 1 aliphatic heterocycles. The van der Waals surface area contributed by atoms with Crippen LogP contribution >= 0.6 is 0 Å². The van der Waals surface area contributed by atoms with E-state index in [1.807, 2.05) is 0 Å². The van der Waals surface area contributed by atoms with E-state index in [1.54, 1.807) is 11.0 Å². The van der Waals surface area contributed by atoms with Gasteiger partial charge in [-0.1, -0.05) is 6.07 Å². The molecule has 1 unspecified atom stereocenters. The number of furan rings is 1. The Bertz CT molecular complexity index is 717. The van der Waals surface area contributed by atoms with Crippen LogP contribution in [0, 0.1) is 11.6 Å². The Hall–Kier alpha value is -2.25. The predicted octanol–water partition coefficient (Wildman–Crippen LogP) is 2.23. The highest BCUT2D eigenvalue weighted by atomic mass is 19.2. The fourth-order valence-electron chi connectivity index (χ4n) is 2.53. The molecule has 1 saturated heterocycles. The molecule has 0 saturated carbocycles. The molecule has 0 bridgehead atoms. The third-order valence-corrected chi connectivity index (χ3v) is 3.77. The van der Waals surface area contributed by atoms with Gasteiger partial charge in [0.25, 0.3) is 5.91 Å². The van der Waals surface area contributed by atoms with E-state index in [9.17, 15) is 13.6 Å². The van der Waals surface area contributed by atoms with Gasteiger partial charge in [0.15, 0.2) is 11.6 Å². The maximum Gasteiger partial charge on any atom is 0.257 e. The minimum absolute atomic E-state index is 0.204. The lowest BCUT2D eigenvalue weighted by atomic mass is 10.1. The summed E-state index contributed by atoms with van der Waals surface area (Å²) < 4.78 is 37.1. The van der Waals surface area contributed by atoms with Crippen LogP contribution in [0.1, 0.15) is 27.8 Å². The molecule has 1 fully saturated rings. The molecule has 2 heterocycles. The van der Waals surface area contributed by atoms with Crippen LogP contribution in [-0.2, 0) is 11.3 Å². The van der Waals surface area contributed by atoms with E-state index in [-0.39, 0.29) is 19.0 Å². The first-order valence-electron chi connectivity index (χ1n) is 7.22. The van der Waals surface area contributed by atoms with Gasteiger partial charge in [-0.3, -0.25) is 4.79 Å². The first kappa shape index (κ1) is 15.6. The Labute approximate surface area is 131 Å². The van der Waals surface area contributed by atoms with Crippen molar-refractivity contribution in [1.29, 1.82) is 0 Å². The van der Waals surface area contributed by atoms with E-state index in [2.05, 4.69) is 0 Å². The zero-order valence-electron chi connectivity index (χ0n) is 12.3. The van der Waals surface area contributed by atoms with Gasteiger partial charge in [0, 0.05) is 6.54 Å². The Morgan fingerprint density at radius 2 is 2.13 bits per heavy atom. The van der Waals surface area contributed by atoms with Crippen molar-refractivity contribution in [3.05, 3.63) is 59.1 Å². The predicted molar refractivity (Wildman–Crippen MR) is 77.6 cm³/mol. The molecule has 3 rings (SSSR count). The number of carbonyl (C=O) groups excluding carboxylic acids is 1. The number of nitrogens with two attached hydrogens (primary N) is 1. The Morgan fingerprint density at radius 3 is 2.83 bits per heavy atom. The third kappa shape index (κ3) is 3.25. The second-order valence-electron chi connectivity index (χ2n) is 5.29. The molecule has 1 atom stereocenters. The van der Waals surface area contributed by atoms with Gasteiger partial charge in [-0.25, -0.2) is 8.78 Å². The standard InChI is InChI=1S/C16H16F2N2O3/c17-13-2-1-10(6-14(13)18)15-8-20(3-4-22-15)16(21)11-5-12(7-19)23-9-11/h1-2,5-6,9,15H,3-4,7-8,19H2. The molecule has 23 heavy (non-hydrogen) atoms. The van der Waals surface area contributed by atoms with Crippen LogP contribution in [0.25, 0.3) is 0 Å². The maximum absolute atomic E-state index is 13.4. The van der Waals surface area contributed by atoms with Gasteiger partial charge >= 0.3 is 0 Å². The lowest BCUT2D eigenvalue weighted by Crippen LogP contribution is -2.42. The van der Waals surface area contributed by atoms with E-state index in [4.69, 9.17) is 14.9 Å². The summed E-state index contributed by atoms with van der Waals surface area (Å²) in [6.45, 7) is 1.21. The molecule has 2 N–H and O–H groups in total. The zero-order valence-corrected chi connectivity index (χ0v) is 12.3. The van der Waals surface area contributed by atoms with Crippen LogP contribution < -0.4 is 5.73 Å². The molecule has 122 valence electrons. The van der Waals surface area contributed by atoms with Crippen molar-refractivity contribution in [3.63, 3.8) is 0 Å². The van der Waals surface area contributed by atoms with Crippen molar-refractivity contribution < 1.29 is 22.7 Å². The average molecular weight is 322 g/mol. The molecule has 1 aromatic heterocycles. The number of benzene rings is 1. The Balaban J connectivity index is 1.74. The van der Waals surface area contributed by atoms with Crippen molar-refractivity contribution in [2.24, 2.45) is 5.73 Å². The number of hydrogen-bond donors (Lipinski definition) is 1. The number of hydrogen-bond acceptors (Lipinski definition) is 4. The molecule has 1 amide bonds. The number of halogens is 2. The molecule has 5 nitrogen and oxygen atoms in total. The van der Waals surface area contributed by atoms with Crippen molar-refractivity contribution in [2.45, 2.75) is 12.6 Å². The lowest BCUT2D eigenvalue weighted by Gasteiger charge is -2.33. The number of nitrogens with zero attached hydrogens (tertiary/aromatic N) is 1. The summed E-state index contributed by atoms with van der Waals surface area (Å²) in [5.41, 5.74) is 6.37. The fourth-order valence-corrected chi connectivity index (χ4v) is 2.53. The monoisotopic (exact) mass is 322 g/mol. The SMILES string of the molecule is NCc1cc(C(=O)N2CCOC(c3ccc(F)c(F)c3)C2)co1. The molecular formula is C16H16F2N2O3. The van der Waals surface area contributed by atoms with Crippen LogP contribution in [-0.4, -0.2) is 30.5 Å². The Morgan fingerprint density at radius 1 is 1.30 bits per heavy atom. The second-order valence-corrected chi connectivity index (χ2v) is 5.29. The molecule has 0 spiro atoms. The summed E-state index contributed by atoms with van der Waals surface area (Å²) in [4.78, 5) is 14.1. The van der Waals surface area contributed by atoms with Gasteiger partial charge in [-0.2, -0.15) is 0 Å². The van der Waals surface area contributed by atoms with Crippen LogP contribution in [0.2, 0.25) is 0 Å². The summed E-state index contributed by atoms with van der Waals surface area (Å²) >= 11 is 0. The summed E-state index contributed by atoms with van der Waals surface area (Å²) in [6.07, 6.45) is 0.871. The lowest BCUT2D eigenvalue weighted by molar-refractivity contribution is -0.0230. The van der Waals surface area contributed by atoms with Crippen molar-refractivity contribution >= 4 is 5.91 Å². The molecule has 2 aromatic rings. The highest BCUT2D eigenvalue weighted by Gasteiger charge is 2.27. The molecule has 1 aliphatic rings. The van der Waals surface area contributed by atoms with E-state index in [0.29, 0.717) is 30.0 Å². The van der Waals surface area contributed by atoms with E-state index in [0.717, 1.165) is 12.1 Å². The van der Waals surface area contributed by atoms with E-state index < -0.39 is 17.7 Å². The number of ether oxygens (including phenoxy) is 1. The highest BCUT2D eigenvalue weighted by molar-refractivity contribution is 5.94. The van der Waals surface area contributed by atoms with Crippen molar-refractivity contribution in [1.82, 2.24) is 4.90 Å². The highest BCUT2D eigenvalue weighted by Crippen LogP contribution is 2.25. The zero-order chi connectivity index (χ0) is 16.4. The van der Waals surface area contributed by atoms with Gasteiger partial charge in [-0.15, -0.1) is 0 Å². The van der Waals surface area contributed by atoms with Gasteiger partial charge < -0.3 is 19.8 Å². The molecular weight excluding hydrogens is 306 g/mol. The van der Waals surface area contributed by atoms with Crippen molar-refractivity contribution in [3.8, 4) is 0 Å². The normalized spacial score (nSPS) is 18.2. The fraction of sp³-hybridized carbons (Fsp3) is 0.312. The largest absolute Gasteiger partial charge is 0.467 e. The van der Waals surface area contributed by atoms with Crippen LogP contribution in [0.15, 0.2) is 34.9 Å². The van der Waals surface area contributed by atoms with Gasteiger partial charge in [0.05, 0.1) is 25.3 Å². The minimum atomic E-state index is -0.933. The summed E-state index contributed by atoms with van der Waals surface area (Å²) in [7, 11) is 0. The minimum Gasteiger partial charge on any atom is -0.467 e. The maximum atomic E-state index is 13.4. The number of rotatable bonds is 3. The first-order chi connectivity index (χ1) is 11.1. The van der Waals surface area contributed by atoms with Gasteiger partial charge in [-0.05, 0) is 23.8 Å². The molecule has 7 heteroatoms. The molecule has 0 radical (unpaired) electrons. The van der Waals surface area contributed by atoms with Crippen LogP contribution in [0.4, 0.5) is 8.78 Å². The molecule has 0 aliphatic carbocycles. The average Bonchev–Trinajstić information content (AvgIpc) is 3.06. The number of morpholine rings is 1. The van der Waals surface area contributed by atoms with E-state index in [1.165, 1.54) is 12.3 Å². The van der Waals surface area contributed by atoms with Crippen LogP contribution in [0.5, 0.6) is 0 Å². The first-order valence-corrected chi connectivity index (χ1v) is 7.22. The Kier molecular flexibility index (Phi) is 4.40. The smallest absolute Gasteiger partial charge is 0.257 e. The van der Waals surface area contributed by atoms with E-state index >= 15 is 0 Å². The quantitative estimate of drug-likeness (QED) is 0.941. The number of amides is 1. The van der Waals surface area contributed by atoms with Crippen LogP contribution in [0.3, 0.4) is 0 Å².